The minimum Gasteiger partial charge on any atom is -0.457 e. The van der Waals surface area contributed by atoms with Gasteiger partial charge in [-0.25, -0.2) is 9.97 Å². The summed E-state index contributed by atoms with van der Waals surface area (Å²) in [6.45, 7) is 7.52. The maximum absolute atomic E-state index is 13.6. The highest BCUT2D eigenvalue weighted by molar-refractivity contribution is 8.00. The van der Waals surface area contributed by atoms with Crippen molar-refractivity contribution in [1.82, 2.24) is 41.0 Å². The van der Waals surface area contributed by atoms with Crippen LogP contribution in [0.4, 0.5) is 17.2 Å². The van der Waals surface area contributed by atoms with Crippen LogP contribution in [0.3, 0.4) is 0 Å². The lowest BCUT2D eigenvalue weighted by Gasteiger charge is -2.27. The van der Waals surface area contributed by atoms with E-state index in [9.17, 15) is 28.8 Å². The number of carbonyl (C=O) groups excluding carboxylic acids is 6. The molecule has 85 heavy (non-hydrogen) atoms. The standard InChI is InChI=1S/C62H84N10O12S/c1-71(27-8-7-24-63-57(74)17-9-18-58(75)65-26-12-32-80-36-38-82-37-35-79-31-11-25-64-56(73)16-6-5-15-54-52-42-60(77)70-53(52)44-85-54)28-10-19-59(76)69-48-40-46(62(78)72-29-33-81-34-30-72)39-47(41-48)68-55-43-61(67-45-66-55)84-51-22-20-50(21-23-51)83-49-13-3-2-4-14-49/h2-4,10,13-14,19-23,39-41,43,45,52-54H,5-9,11-12,15-18,24-38,42,44H2,1H3,(H,63,74)(H,64,73)(H,65,75)(H,69,76)(H,70,77)(H,66,67,68)/b19-10+/t52-,53-,54-/m0/s1. The molecule has 3 atom stereocenters. The maximum Gasteiger partial charge on any atom is 0.254 e. The number of benzene rings is 3. The Hall–Kier alpha value is -7.15. The van der Waals surface area contributed by atoms with Gasteiger partial charge in [-0.2, -0.15) is 11.8 Å². The number of likely N-dealkylation sites (N-methyl/N-ethyl adjacent to an activating group) is 1. The fourth-order valence-corrected chi connectivity index (χ4v) is 11.4. The van der Waals surface area contributed by atoms with Crippen molar-refractivity contribution in [3.8, 4) is 23.1 Å². The van der Waals surface area contributed by atoms with Gasteiger partial charge in [-0.1, -0.05) is 30.7 Å². The number of rotatable bonds is 39. The van der Waals surface area contributed by atoms with Gasteiger partial charge >= 0.3 is 0 Å². The van der Waals surface area contributed by atoms with E-state index in [1.807, 2.05) is 49.1 Å². The number of unbranched alkanes of at least 4 members (excludes halogenated alkanes) is 2. The average Bonchev–Trinajstić information content (AvgIpc) is 4.30. The van der Waals surface area contributed by atoms with Gasteiger partial charge < -0.3 is 70.1 Å². The zero-order valence-electron chi connectivity index (χ0n) is 48.9. The predicted octanol–water partition coefficient (Wildman–Crippen LogP) is 7.01. The summed E-state index contributed by atoms with van der Waals surface area (Å²) in [5, 5.41) is 18.5. The third-order valence-electron chi connectivity index (χ3n) is 14.2. The van der Waals surface area contributed by atoms with Gasteiger partial charge in [-0.05, 0) is 113 Å². The lowest BCUT2D eigenvalue weighted by Crippen LogP contribution is -2.40. The number of fused-ring (bicyclic) bond motifs is 1. The quantitative estimate of drug-likeness (QED) is 0.0194. The van der Waals surface area contributed by atoms with E-state index in [4.69, 9.17) is 28.4 Å². The third-order valence-corrected chi connectivity index (χ3v) is 15.7. The normalized spacial score (nSPS) is 16.4. The second-order valence-corrected chi connectivity index (χ2v) is 22.3. The van der Waals surface area contributed by atoms with Crippen LogP contribution in [0, 0.1) is 5.92 Å². The van der Waals surface area contributed by atoms with Gasteiger partial charge in [0, 0.05) is 130 Å². The van der Waals surface area contributed by atoms with E-state index in [1.165, 1.54) is 12.4 Å². The zero-order chi connectivity index (χ0) is 59.7. The molecule has 0 bridgehead atoms. The smallest absolute Gasteiger partial charge is 0.254 e. The molecule has 23 heteroatoms. The number of anilines is 3. The molecule has 0 spiro atoms. The molecule has 7 rings (SSSR count). The Bertz CT molecular complexity index is 2740. The molecule has 6 N–H and O–H groups in total. The summed E-state index contributed by atoms with van der Waals surface area (Å²) in [6.07, 6.45) is 12.7. The van der Waals surface area contributed by atoms with Gasteiger partial charge in [-0.15, -0.1) is 0 Å². The highest BCUT2D eigenvalue weighted by Gasteiger charge is 2.42. The van der Waals surface area contributed by atoms with Crippen LogP contribution in [-0.2, 0) is 42.9 Å². The van der Waals surface area contributed by atoms with Crippen LogP contribution >= 0.6 is 11.8 Å². The van der Waals surface area contributed by atoms with Crippen molar-refractivity contribution in [3.05, 3.63) is 103 Å². The Balaban J connectivity index is 0.666. The van der Waals surface area contributed by atoms with E-state index in [0.717, 1.165) is 56.6 Å². The molecule has 1 aromatic heterocycles. The molecule has 3 aliphatic heterocycles. The summed E-state index contributed by atoms with van der Waals surface area (Å²) < 4.78 is 34.1. The van der Waals surface area contributed by atoms with Gasteiger partial charge in [0.05, 0.1) is 39.6 Å². The van der Waals surface area contributed by atoms with Gasteiger partial charge in [0.15, 0.2) is 0 Å². The average molecular weight is 1190 g/mol. The maximum atomic E-state index is 13.6. The van der Waals surface area contributed by atoms with Crippen LogP contribution in [0.25, 0.3) is 0 Å². The Morgan fingerprint density at radius 3 is 2.02 bits per heavy atom. The first kappa shape index (κ1) is 65.4. The minimum absolute atomic E-state index is 0.0732. The number of thioether (sulfide) groups is 1. The largest absolute Gasteiger partial charge is 0.457 e. The first-order valence-electron chi connectivity index (χ1n) is 29.8. The predicted molar refractivity (Wildman–Crippen MR) is 325 cm³/mol. The van der Waals surface area contributed by atoms with Crippen LogP contribution in [0.15, 0.2) is 97.3 Å². The summed E-state index contributed by atoms with van der Waals surface area (Å²) in [7, 11) is 1.96. The van der Waals surface area contributed by atoms with E-state index in [1.54, 1.807) is 59.5 Å². The molecule has 3 fully saturated rings. The van der Waals surface area contributed by atoms with Crippen LogP contribution in [0.5, 0.6) is 23.1 Å². The van der Waals surface area contributed by atoms with Crippen molar-refractivity contribution in [2.45, 2.75) is 88.3 Å². The molecule has 3 aliphatic rings. The highest BCUT2D eigenvalue weighted by atomic mass is 32.2. The van der Waals surface area contributed by atoms with E-state index in [0.29, 0.717) is 169 Å². The van der Waals surface area contributed by atoms with Crippen molar-refractivity contribution < 1.29 is 57.2 Å². The number of morpholine rings is 1. The number of aromatic nitrogens is 2. The number of hydrogen-bond donors (Lipinski definition) is 6. The first-order chi connectivity index (χ1) is 41.5. The number of carbonyl (C=O) groups is 6. The lowest BCUT2D eigenvalue weighted by atomic mass is 9.94. The third kappa shape index (κ3) is 25.1. The van der Waals surface area contributed by atoms with Crippen molar-refractivity contribution in [3.63, 3.8) is 0 Å². The number of ether oxygens (including phenoxy) is 6. The van der Waals surface area contributed by atoms with Crippen LogP contribution in [0.1, 0.15) is 87.4 Å². The molecule has 3 aromatic carbocycles. The number of nitrogens with one attached hydrogen (secondary N) is 6. The Morgan fingerprint density at radius 2 is 1.33 bits per heavy atom. The van der Waals surface area contributed by atoms with Crippen LogP contribution < -0.4 is 41.4 Å². The van der Waals surface area contributed by atoms with Crippen molar-refractivity contribution in [2.24, 2.45) is 5.92 Å². The number of hydrogen-bond acceptors (Lipinski definition) is 17. The Morgan fingerprint density at radius 1 is 0.706 bits per heavy atom. The molecular weight excluding hydrogens is 1110 g/mol. The minimum atomic E-state index is -0.360. The van der Waals surface area contributed by atoms with Crippen LogP contribution in [-0.4, -0.2) is 178 Å². The monoisotopic (exact) mass is 1190 g/mol. The molecule has 0 radical (unpaired) electrons. The van der Waals surface area contributed by atoms with Gasteiger partial charge in [0.25, 0.3) is 5.91 Å². The van der Waals surface area contributed by atoms with E-state index in [-0.39, 0.29) is 54.2 Å². The number of nitrogens with zero attached hydrogens (tertiary/aromatic N) is 4. The summed E-state index contributed by atoms with van der Waals surface area (Å²) in [5.74, 6) is 3.60. The van der Waals surface area contributed by atoms with E-state index in [2.05, 4.69) is 46.8 Å². The molecule has 4 aromatic rings. The molecule has 3 saturated heterocycles. The molecule has 0 unspecified atom stereocenters. The second kappa shape index (κ2) is 37.3. The molecule has 22 nitrogen and oxygen atoms in total. The molecule has 4 heterocycles. The Labute approximate surface area is 503 Å². The fourth-order valence-electron chi connectivity index (χ4n) is 9.71. The Kier molecular flexibility index (Phi) is 28.7. The van der Waals surface area contributed by atoms with Crippen molar-refractivity contribution in [2.75, 3.05) is 122 Å². The van der Waals surface area contributed by atoms with Gasteiger partial charge in [0.2, 0.25) is 35.4 Å². The topological polar surface area (TPSA) is 262 Å². The molecule has 0 saturated carbocycles. The zero-order valence-corrected chi connectivity index (χ0v) is 49.7. The second-order valence-electron chi connectivity index (χ2n) is 21.0. The van der Waals surface area contributed by atoms with E-state index < -0.39 is 0 Å². The van der Waals surface area contributed by atoms with E-state index >= 15 is 0 Å². The molecule has 460 valence electrons. The first-order valence-corrected chi connectivity index (χ1v) is 30.8. The summed E-state index contributed by atoms with van der Waals surface area (Å²) in [6, 6.07) is 23.7. The fraction of sp³-hybridized carbons (Fsp3) is 0.516. The van der Waals surface area contributed by atoms with Gasteiger partial charge in [-0.3, -0.25) is 28.8 Å². The van der Waals surface area contributed by atoms with Crippen molar-refractivity contribution >= 4 is 64.4 Å². The summed E-state index contributed by atoms with van der Waals surface area (Å²) in [4.78, 5) is 87.8. The SMILES string of the molecule is CN(C/C=C/C(=O)Nc1cc(Nc2cc(Oc3ccc(Oc4ccccc4)cc3)ncn2)cc(C(=O)N2CCOCC2)c1)CCCCNC(=O)CCCC(=O)NCCCOCCOCCOCCCNC(=O)CCCC[C@@H]1SC[C@@H]2NC(=O)C[C@@H]21. The molecule has 0 aliphatic carbocycles. The highest BCUT2D eigenvalue weighted by Crippen LogP contribution is 2.40. The summed E-state index contributed by atoms with van der Waals surface area (Å²) >= 11 is 1.96. The molecular formula is C62H84N10O12S. The summed E-state index contributed by atoms with van der Waals surface area (Å²) in [5.41, 5.74) is 1.31. The molecule has 6 amide bonds. The lowest BCUT2D eigenvalue weighted by molar-refractivity contribution is -0.123. The number of para-hydroxylation sites is 1. The van der Waals surface area contributed by atoms with Gasteiger partial charge in [0.1, 0.15) is 29.4 Å². The number of amides is 6. The van der Waals surface area contributed by atoms with Crippen LogP contribution in [0.2, 0.25) is 0 Å². The van der Waals surface area contributed by atoms with Crippen molar-refractivity contribution in [1.29, 1.82) is 0 Å².